The molecule has 1 fully saturated rings. The monoisotopic (exact) mass is 302 g/mol. The highest BCUT2D eigenvalue weighted by Gasteiger charge is 2.33. The van der Waals surface area contributed by atoms with Crippen LogP contribution in [0.2, 0.25) is 0 Å². The zero-order valence-electron chi connectivity index (χ0n) is 11.3. The normalized spacial score (nSPS) is 18.4. The molecule has 1 aromatic carbocycles. The van der Waals surface area contributed by atoms with Crippen LogP contribution in [0.4, 0.5) is 10.1 Å². The van der Waals surface area contributed by atoms with E-state index in [2.05, 4.69) is 4.72 Å². The molecule has 112 valence electrons. The SMILES string of the molecule is Cc1cc(N)cc(S(=O)(=O)NCC2(O)CCCC2)c1F. The zero-order valence-corrected chi connectivity index (χ0v) is 12.1. The standard InChI is InChI=1S/C13H19FN2O3S/c1-9-6-10(15)7-11(12(9)14)20(18,19)16-8-13(17)4-2-3-5-13/h6-7,16-17H,2-5,8,15H2,1H3. The van der Waals surface area contributed by atoms with Crippen LogP contribution in [0, 0.1) is 12.7 Å². The Kier molecular flexibility index (Phi) is 4.04. The first-order chi connectivity index (χ1) is 9.23. The van der Waals surface area contributed by atoms with Crippen molar-refractivity contribution in [2.45, 2.75) is 43.1 Å². The van der Waals surface area contributed by atoms with E-state index in [1.807, 2.05) is 0 Å². The van der Waals surface area contributed by atoms with E-state index >= 15 is 0 Å². The summed E-state index contributed by atoms with van der Waals surface area (Å²) in [6.07, 6.45) is 2.83. The molecule has 20 heavy (non-hydrogen) atoms. The topological polar surface area (TPSA) is 92.4 Å². The Bertz CT molecular complexity index is 610. The Morgan fingerprint density at radius 1 is 1.40 bits per heavy atom. The maximum atomic E-state index is 13.9. The van der Waals surface area contributed by atoms with Crippen LogP contribution in [0.5, 0.6) is 0 Å². The lowest BCUT2D eigenvalue weighted by Gasteiger charge is -2.22. The van der Waals surface area contributed by atoms with E-state index in [0.717, 1.165) is 18.9 Å². The van der Waals surface area contributed by atoms with Gasteiger partial charge in [-0.2, -0.15) is 0 Å². The van der Waals surface area contributed by atoms with E-state index in [4.69, 9.17) is 5.73 Å². The van der Waals surface area contributed by atoms with Gasteiger partial charge in [0, 0.05) is 12.2 Å². The molecule has 2 rings (SSSR count). The number of benzene rings is 1. The molecule has 0 bridgehead atoms. The summed E-state index contributed by atoms with van der Waals surface area (Å²) in [5, 5.41) is 10.1. The van der Waals surface area contributed by atoms with Gasteiger partial charge in [0.1, 0.15) is 10.7 Å². The Labute approximate surface area is 118 Å². The Hall–Kier alpha value is -1.18. The number of nitrogens with one attached hydrogen (secondary N) is 1. The van der Waals surface area contributed by atoms with Gasteiger partial charge in [0.25, 0.3) is 0 Å². The van der Waals surface area contributed by atoms with Gasteiger partial charge in [0.15, 0.2) is 0 Å². The Morgan fingerprint density at radius 3 is 2.60 bits per heavy atom. The van der Waals surface area contributed by atoms with Crippen LogP contribution in [0.3, 0.4) is 0 Å². The molecule has 0 unspecified atom stereocenters. The molecule has 5 nitrogen and oxygen atoms in total. The highest BCUT2D eigenvalue weighted by Crippen LogP contribution is 2.29. The second-order valence-electron chi connectivity index (χ2n) is 5.41. The van der Waals surface area contributed by atoms with E-state index < -0.39 is 26.3 Å². The molecular formula is C13H19FN2O3S. The molecular weight excluding hydrogens is 283 g/mol. The molecule has 0 heterocycles. The van der Waals surface area contributed by atoms with Crippen molar-refractivity contribution in [3.63, 3.8) is 0 Å². The summed E-state index contributed by atoms with van der Waals surface area (Å²) in [5.74, 6) is -0.815. The van der Waals surface area contributed by atoms with Gasteiger partial charge >= 0.3 is 0 Å². The second kappa shape index (κ2) is 5.31. The van der Waals surface area contributed by atoms with Crippen LogP contribution in [-0.2, 0) is 10.0 Å². The van der Waals surface area contributed by atoms with Crippen molar-refractivity contribution in [2.75, 3.05) is 12.3 Å². The van der Waals surface area contributed by atoms with Crippen molar-refractivity contribution in [3.05, 3.63) is 23.5 Å². The van der Waals surface area contributed by atoms with Crippen molar-refractivity contribution in [2.24, 2.45) is 0 Å². The predicted octanol–water partition coefficient (Wildman–Crippen LogP) is 1.30. The number of nitrogens with two attached hydrogens (primary N) is 1. The third-order valence-corrected chi connectivity index (χ3v) is 5.06. The molecule has 0 amide bonds. The molecule has 1 aliphatic rings. The molecule has 1 aromatic rings. The fraction of sp³-hybridized carbons (Fsp3) is 0.538. The number of nitrogen functional groups attached to an aromatic ring is 1. The van der Waals surface area contributed by atoms with Crippen molar-refractivity contribution in [1.29, 1.82) is 0 Å². The van der Waals surface area contributed by atoms with Crippen LogP contribution in [0.25, 0.3) is 0 Å². The first-order valence-corrected chi connectivity index (χ1v) is 7.99. The molecule has 0 aliphatic heterocycles. The zero-order chi connectivity index (χ0) is 15.0. The summed E-state index contributed by atoms with van der Waals surface area (Å²) in [6.45, 7) is 1.35. The fourth-order valence-corrected chi connectivity index (χ4v) is 3.78. The van der Waals surface area contributed by atoms with Gasteiger partial charge in [-0.3, -0.25) is 0 Å². The van der Waals surface area contributed by atoms with E-state index in [9.17, 15) is 17.9 Å². The first kappa shape index (κ1) is 15.2. The van der Waals surface area contributed by atoms with Gasteiger partial charge in [0.2, 0.25) is 10.0 Å². The number of aliphatic hydroxyl groups is 1. The van der Waals surface area contributed by atoms with Crippen LogP contribution in [0.1, 0.15) is 31.2 Å². The third kappa shape index (κ3) is 3.11. The van der Waals surface area contributed by atoms with Gasteiger partial charge in [-0.15, -0.1) is 0 Å². The summed E-state index contributed by atoms with van der Waals surface area (Å²) in [7, 11) is -4.03. The molecule has 4 N–H and O–H groups in total. The summed E-state index contributed by atoms with van der Waals surface area (Å²) >= 11 is 0. The van der Waals surface area contributed by atoms with Crippen molar-refractivity contribution >= 4 is 15.7 Å². The van der Waals surface area contributed by atoms with E-state index in [1.165, 1.54) is 13.0 Å². The van der Waals surface area contributed by atoms with Gasteiger partial charge < -0.3 is 10.8 Å². The van der Waals surface area contributed by atoms with Crippen molar-refractivity contribution in [3.8, 4) is 0 Å². The highest BCUT2D eigenvalue weighted by molar-refractivity contribution is 7.89. The average molecular weight is 302 g/mol. The van der Waals surface area contributed by atoms with Gasteiger partial charge in [-0.25, -0.2) is 17.5 Å². The van der Waals surface area contributed by atoms with Gasteiger partial charge in [-0.05, 0) is 37.5 Å². The highest BCUT2D eigenvalue weighted by atomic mass is 32.2. The summed E-state index contributed by atoms with van der Waals surface area (Å²) in [4.78, 5) is -0.475. The first-order valence-electron chi connectivity index (χ1n) is 6.51. The molecule has 0 atom stereocenters. The molecule has 0 radical (unpaired) electrons. The maximum Gasteiger partial charge on any atom is 0.243 e. The molecule has 0 spiro atoms. The van der Waals surface area contributed by atoms with Crippen molar-refractivity contribution in [1.82, 2.24) is 4.72 Å². The van der Waals surface area contributed by atoms with Crippen LogP contribution in [-0.4, -0.2) is 25.7 Å². The molecule has 0 saturated heterocycles. The van der Waals surface area contributed by atoms with Crippen LogP contribution in [0.15, 0.2) is 17.0 Å². The fourth-order valence-electron chi connectivity index (χ4n) is 2.48. The summed E-state index contributed by atoms with van der Waals surface area (Å²) in [5.41, 5.74) is 4.89. The van der Waals surface area contributed by atoms with Crippen LogP contribution < -0.4 is 10.5 Å². The van der Waals surface area contributed by atoms with Crippen LogP contribution >= 0.6 is 0 Å². The van der Waals surface area contributed by atoms with Crippen molar-refractivity contribution < 1.29 is 17.9 Å². The number of anilines is 1. The lowest BCUT2D eigenvalue weighted by molar-refractivity contribution is 0.0531. The quantitative estimate of drug-likeness (QED) is 0.731. The third-order valence-electron chi connectivity index (χ3n) is 3.66. The smallest absolute Gasteiger partial charge is 0.243 e. The maximum absolute atomic E-state index is 13.9. The minimum atomic E-state index is -4.03. The number of aryl methyl sites for hydroxylation is 1. The lowest BCUT2D eigenvalue weighted by Crippen LogP contribution is -2.41. The average Bonchev–Trinajstić information content (AvgIpc) is 2.79. The number of halogens is 1. The summed E-state index contributed by atoms with van der Waals surface area (Å²) < 4.78 is 40.5. The number of hydrogen-bond donors (Lipinski definition) is 3. The minimum Gasteiger partial charge on any atom is -0.399 e. The lowest BCUT2D eigenvalue weighted by atomic mass is 10.0. The summed E-state index contributed by atoms with van der Waals surface area (Å²) in [6, 6.07) is 2.46. The Morgan fingerprint density at radius 2 is 2.00 bits per heavy atom. The minimum absolute atomic E-state index is 0.109. The predicted molar refractivity (Wildman–Crippen MR) is 74.2 cm³/mol. The molecule has 1 aliphatic carbocycles. The molecule has 7 heteroatoms. The van der Waals surface area contributed by atoms with E-state index in [0.29, 0.717) is 12.8 Å². The Balaban J connectivity index is 2.22. The number of rotatable bonds is 4. The number of hydrogen-bond acceptors (Lipinski definition) is 4. The van der Waals surface area contributed by atoms with Gasteiger partial charge in [-0.1, -0.05) is 12.8 Å². The molecule has 0 aromatic heterocycles. The largest absolute Gasteiger partial charge is 0.399 e. The van der Waals surface area contributed by atoms with E-state index in [-0.39, 0.29) is 17.8 Å². The number of sulfonamides is 1. The molecule has 1 saturated carbocycles. The second-order valence-corrected chi connectivity index (χ2v) is 7.14. The van der Waals surface area contributed by atoms with Gasteiger partial charge in [0.05, 0.1) is 5.60 Å². The van der Waals surface area contributed by atoms with E-state index in [1.54, 1.807) is 0 Å².